The van der Waals surface area contributed by atoms with Crippen LogP contribution in [0.4, 0.5) is 11.4 Å². The van der Waals surface area contributed by atoms with Gasteiger partial charge in [-0.15, -0.1) is 0 Å². The summed E-state index contributed by atoms with van der Waals surface area (Å²) in [4.78, 5) is 30.9. The van der Waals surface area contributed by atoms with Gasteiger partial charge in [0.15, 0.2) is 0 Å². The van der Waals surface area contributed by atoms with E-state index in [2.05, 4.69) is 4.90 Å². The number of hydrogen-bond acceptors (Lipinski definition) is 4. The van der Waals surface area contributed by atoms with Crippen molar-refractivity contribution in [2.45, 2.75) is 39.5 Å². The molecule has 4 rings (SSSR count). The normalized spacial score (nSPS) is 20.5. The molecule has 1 aromatic carbocycles. The van der Waals surface area contributed by atoms with Crippen molar-refractivity contribution in [3.8, 4) is 0 Å². The van der Waals surface area contributed by atoms with E-state index in [0.717, 1.165) is 56.0 Å². The molecular formula is C22H31N3O3. The van der Waals surface area contributed by atoms with Gasteiger partial charge in [0.05, 0.1) is 18.9 Å². The Morgan fingerprint density at radius 1 is 0.821 bits per heavy atom. The SMILES string of the molecule is CC.O=C1CCCCN1c1ccc(N2CCC=C(N3CCOCC3)C2=O)cc1. The molecule has 0 unspecified atom stereocenters. The number of benzene rings is 1. The van der Waals surface area contributed by atoms with Gasteiger partial charge < -0.3 is 19.4 Å². The molecule has 0 radical (unpaired) electrons. The molecule has 6 nitrogen and oxygen atoms in total. The maximum atomic E-state index is 13.0. The van der Waals surface area contributed by atoms with Gasteiger partial charge in [-0.25, -0.2) is 0 Å². The van der Waals surface area contributed by atoms with Gasteiger partial charge in [0, 0.05) is 44.0 Å². The number of anilines is 2. The molecule has 0 N–H and O–H groups in total. The number of piperidine rings is 1. The number of rotatable bonds is 3. The van der Waals surface area contributed by atoms with Gasteiger partial charge in [-0.05, 0) is 43.5 Å². The lowest BCUT2D eigenvalue weighted by molar-refractivity contribution is -0.119. The van der Waals surface area contributed by atoms with E-state index in [0.29, 0.717) is 26.2 Å². The minimum Gasteiger partial charge on any atom is -0.378 e. The van der Waals surface area contributed by atoms with Crippen LogP contribution in [0.1, 0.15) is 39.5 Å². The number of morpholine rings is 1. The lowest BCUT2D eigenvalue weighted by Gasteiger charge is -2.35. The quantitative estimate of drug-likeness (QED) is 0.802. The average molecular weight is 386 g/mol. The van der Waals surface area contributed by atoms with Gasteiger partial charge in [-0.2, -0.15) is 0 Å². The fraction of sp³-hybridized carbons (Fsp3) is 0.545. The summed E-state index contributed by atoms with van der Waals surface area (Å²) in [5, 5.41) is 0. The summed E-state index contributed by atoms with van der Waals surface area (Å²) >= 11 is 0. The van der Waals surface area contributed by atoms with Crippen LogP contribution in [0, 0.1) is 0 Å². The van der Waals surface area contributed by atoms with Gasteiger partial charge in [-0.3, -0.25) is 9.59 Å². The largest absolute Gasteiger partial charge is 0.378 e. The van der Waals surface area contributed by atoms with Crippen molar-refractivity contribution in [3.05, 3.63) is 36.0 Å². The fourth-order valence-electron chi connectivity index (χ4n) is 3.86. The highest BCUT2D eigenvalue weighted by Crippen LogP contribution is 2.27. The molecule has 0 spiro atoms. The second-order valence-corrected chi connectivity index (χ2v) is 6.95. The Morgan fingerprint density at radius 2 is 1.46 bits per heavy atom. The predicted molar refractivity (Wildman–Crippen MR) is 111 cm³/mol. The van der Waals surface area contributed by atoms with Crippen molar-refractivity contribution in [1.82, 2.24) is 4.90 Å². The molecule has 0 aliphatic carbocycles. The van der Waals surface area contributed by atoms with Gasteiger partial charge in [-0.1, -0.05) is 19.9 Å². The highest BCUT2D eigenvalue weighted by molar-refractivity contribution is 6.06. The molecule has 3 aliphatic heterocycles. The first-order valence-electron chi connectivity index (χ1n) is 10.5. The zero-order valence-corrected chi connectivity index (χ0v) is 17.0. The molecule has 2 saturated heterocycles. The first-order valence-corrected chi connectivity index (χ1v) is 10.5. The van der Waals surface area contributed by atoms with E-state index in [4.69, 9.17) is 4.74 Å². The summed E-state index contributed by atoms with van der Waals surface area (Å²) in [6.07, 6.45) is 5.55. The third-order valence-electron chi connectivity index (χ3n) is 5.30. The van der Waals surface area contributed by atoms with Crippen LogP contribution in [-0.4, -0.2) is 56.1 Å². The lowest BCUT2D eigenvalue weighted by Crippen LogP contribution is -2.45. The van der Waals surface area contributed by atoms with E-state index in [-0.39, 0.29) is 11.8 Å². The lowest BCUT2D eigenvalue weighted by atomic mass is 10.1. The topological polar surface area (TPSA) is 53.1 Å². The molecule has 0 aromatic heterocycles. The molecule has 2 fully saturated rings. The van der Waals surface area contributed by atoms with Crippen molar-refractivity contribution in [3.63, 3.8) is 0 Å². The van der Waals surface area contributed by atoms with Crippen LogP contribution >= 0.6 is 0 Å². The summed E-state index contributed by atoms with van der Waals surface area (Å²) in [6.45, 7) is 8.34. The van der Waals surface area contributed by atoms with Crippen molar-refractivity contribution < 1.29 is 14.3 Å². The first kappa shape index (κ1) is 20.4. The van der Waals surface area contributed by atoms with Crippen LogP contribution in [0.25, 0.3) is 0 Å². The number of carbonyl (C=O) groups is 2. The van der Waals surface area contributed by atoms with Crippen LogP contribution in [0.5, 0.6) is 0 Å². The summed E-state index contributed by atoms with van der Waals surface area (Å²) in [5.41, 5.74) is 2.60. The Labute approximate surface area is 167 Å². The Balaban J connectivity index is 0.00000109. The fourth-order valence-corrected chi connectivity index (χ4v) is 3.86. The van der Waals surface area contributed by atoms with Crippen molar-refractivity contribution >= 4 is 23.2 Å². The predicted octanol–water partition coefficient (Wildman–Crippen LogP) is 3.18. The molecule has 3 heterocycles. The van der Waals surface area contributed by atoms with Crippen LogP contribution in [-0.2, 0) is 14.3 Å². The number of hydrogen-bond donors (Lipinski definition) is 0. The molecule has 28 heavy (non-hydrogen) atoms. The summed E-state index contributed by atoms with van der Waals surface area (Å²) in [6, 6.07) is 7.83. The summed E-state index contributed by atoms with van der Waals surface area (Å²) in [7, 11) is 0. The van der Waals surface area contributed by atoms with Gasteiger partial charge in [0.25, 0.3) is 5.91 Å². The minimum atomic E-state index is 0.0555. The Hall–Kier alpha value is -2.34. The molecule has 0 atom stereocenters. The smallest absolute Gasteiger partial charge is 0.274 e. The third-order valence-corrected chi connectivity index (χ3v) is 5.30. The van der Waals surface area contributed by atoms with Crippen molar-refractivity contribution in [2.24, 2.45) is 0 Å². The van der Waals surface area contributed by atoms with Crippen LogP contribution in [0.2, 0.25) is 0 Å². The first-order chi connectivity index (χ1) is 13.7. The third kappa shape index (κ3) is 4.38. The van der Waals surface area contributed by atoms with Gasteiger partial charge in [0.2, 0.25) is 5.91 Å². The number of carbonyl (C=O) groups excluding carboxylic acids is 2. The van der Waals surface area contributed by atoms with Gasteiger partial charge in [0.1, 0.15) is 0 Å². The second-order valence-electron chi connectivity index (χ2n) is 6.95. The molecule has 0 bridgehead atoms. The minimum absolute atomic E-state index is 0.0555. The van der Waals surface area contributed by atoms with Crippen molar-refractivity contribution in [2.75, 3.05) is 49.2 Å². The van der Waals surface area contributed by atoms with Crippen LogP contribution < -0.4 is 9.80 Å². The maximum Gasteiger partial charge on any atom is 0.274 e. The molecule has 0 saturated carbocycles. The number of amides is 2. The molecule has 6 heteroatoms. The van der Waals surface area contributed by atoms with E-state index >= 15 is 0 Å². The molecule has 1 aromatic rings. The molecule has 3 aliphatic rings. The Morgan fingerprint density at radius 3 is 2.11 bits per heavy atom. The van der Waals surface area contributed by atoms with E-state index in [9.17, 15) is 9.59 Å². The van der Waals surface area contributed by atoms with E-state index in [1.165, 1.54) is 0 Å². The number of ether oxygens (including phenoxy) is 1. The standard InChI is InChI=1S/C20H25N3O3.C2H6/c24-19-5-1-2-10-22(19)16-6-8-17(9-7-16)23-11-3-4-18(20(23)25)21-12-14-26-15-13-21;1-2/h4,6-9H,1-3,5,10-15H2;1-2H3. The maximum absolute atomic E-state index is 13.0. The highest BCUT2D eigenvalue weighted by Gasteiger charge is 2.28. The average Bonchev–Trinajstić information content (AvgIpc) is 2.77. The molecular weight excluding hydrogens is 354 g/mol. The van der Waals surface area contributed by atoms with E-state index in [1.54, 1.807) is 0 Å². The summed E-state index contributed by atoms with van der Waals surface area (Å²) in [5.74, 6) is 0.246. The molecule has 2 amide bonds. The zero-order valence-electron chi connectivity index (χ0n) is 17.0. The Bertz CT molecular complexity index is 708. The van der Waals surface area contributed by atoms with Crippen LogP contribution in [0.15, 0.2) is 36.0 Å². The zero-order chi connectivity index (χ0) is 19.9. The summed E-state index contributed by atoms with van der Waals surface area (Å²) < 4.78 is 5.39. The monoisotopic (exact) mass is 385 g/mol. The van der Waals surface area contributed by atoms with Crippen molar-refractivity contribution in [1.29, 1.82) is 0 Å². The highest BCUT2D eigenvalue weighted by atomic mass is 16.5. The van der Waals surface area contributed by atoms with E-state index < -0.39 is 0 Å². The van der Waals surface area contributed by atoms with Crippen LogP contribution in [0.3, 0.4) is 0 Å². The van der Waals surface area contributed by atoms with E-state index in [1.807, 2.05) is 54.0 Å². The Kier molecular flexibility index (Phi) is 7.09. The van der Waals surface area contributed by atoms with Gasteiger partial charge >= 0.3 is 0 Å². The molecule has 152 valence electrons. The second kappa shape index (κ2) is 9.73. The number of nitrogens with zero attached hydrogens (tertiary/aromatic N) is 3.